The lowest BCUT2D eigenvalue weighted by Gasteiger charge is -2.36. The van der Waals surface area contributed by atoms with E-state index in [1.54, 1.807) is 16.9 Å². The number of amides is 2. The number of aromatic nitrogens is 2. The number of rotatable bonds is 3. The van der Waals surface area contributed by atoms with Crippen LogP contribution in [0.1, 0.15) is 49.7 Å². The molecule has 1 aromatic carbocycles. The van der Waals surface area contributed by atoms with Crippen LogP contribution in [0, 0.1) is 12.3 Å². The topological polar surface area (TPSA) is 67.2 Å². The molecule has 0 spiro atoms. The van der Waals surface area contributed by atoms with Gasteiger partial charge in [0.2, 0.25) is 5.91 Å². The fourth-order valence-electron chi connectivity index (χ4n) is 3.47. The van der Waals surface area contributed by atoms with E-state index in [0.717, 1.165) is 24.2 Å². The first-order chi connectivity index (χ1) is 13.2. The maximum absolute atomic E-state index is 12.7. The van der Waals surface area contributed by atoms with Crippen LogP contribution in [0.25, 0.3) is 5.69 Å². The molecule has 1 N–H and O–H groups in total. The van der Waals surface area contributed by atoms with E-state index in [1.807, 2.05) is 50.8 Å². The molecule has 1 fully saturated rings. The monoisotopic (exact) mass is 402 g/mol. The molecule has 150 valence electrons. The summed E-state index contributed by atoms with van der Waals surface area (Å²) in [7, 11) is 0. The minimum atomic E-state index is -0.373. The Morgan fingerprint density at radius 3 is 2.50 bits per heavy atom. The lowest BCUT2D eigenvalue weighted by atomic mass is 9.93. The molecular formula is C21H27ClN4O2. The molecule has 0 aliphatic carbocycles. The van der Waals surface area contributed by atoms with Crippen molar-refractivity contribution in [3.8, 4) is 5.69 Å². The fraction of sp³-hybridized carbons (Fsp3) is 0.476. The van der Waals surface area contributed by atoms with Crippen LogP contribution >= 0.6 is 11.6 Å². The second-order valence-electron chi connectivity index (χ2n) is 8.33. The van der Waals surface area contributed by atoms with E-state index in [-0.39, 0.29) is 23.3 Å². The molecule has 1 aromatic heterocycles. The molecule has 6 nitrogen and oxygen atoms in total. The first-order valence-corrected chi connectivity index (χ1v) is 9.95. The Morgan fingerprint density at radius 2 is 1.89 bits per heavy atom. The van der Waals surface area contributed by atoms with Gasteiger partial charge in [-0.15, -0.1) is 0 Å². The molecule has 0 saturated carbocycles. The molecule has 28 heavy (non-hydrogen) atoms. The van der Waals surface area contributed by atoms with Crippen LogP contribution < -0.4 is 5.32 Å². The zero-order valence-electron chi connectivity index (χ0n) is 16.8. The van der Waals surface area contributed by atoms with E-state index < -0.39 is 0 Å². The van der Waals surface area contributed by atoms with Gasteiger partial charge in [0.05, 0.1) is 23.1 Å². The summed E-state index contributed by atoms with van der Waals surface area (Å²) in [6.45, 7) is 9.01. The Morgan fingerprint density at radius 1 is 1.21 bits per heavy atom. The van der Waals surface area contributed by atoms with Crippen LogP contribution in [-0.2, 0) is 4.79 Å². The van der Waals surface area contributed by atoms with Crippen molar-refractivity contribution in [2.75, 3.05) is 13.1 Å². The van der Waals surface area contributed by atoms with Crippen molar-refractivity contribution in [2.24, 2.45) is 5.41 Å². The van der Waals surface area contributed by atoms with E-state index in [4.69, 9.17) is 11.6 Å². The average molecular weight is 403 g/mol. The molecule has 0 radical (unpaired) electrons. The fourth-order valence-corrected chi connectivity index (χ4v) is 3.65. The van der Waals surface area contributed by atoms with Gasteiger partial charge in [-0.25, -0.2) is 4.68 Å². The Hall–Kier alpha value is -2.34. The summed E-state index contributed by atoms with van der Waals surface area (Å²) in [5, 5.41) is 8.06. The van der Waals surface area contributed by atoms with Crippen LogP contribution in [-0.4, -0.2) is 45.6 Å². The number of halogens is 1. The highest BCUT2D eigenvalue weighted by molar-refractivity contribution is 6.30. The van der Waals surface area contributed by atoms with Crippen molar-refractivity contribution in [2.45, 2.75) is 46.6 Å². The molecule has 1 aliphatic heterocycles. The van der Waals surface area contributed by atoms with Crippen LogP contribution in [0.3, 0.4) is 0 Å². The van der Waals surface area contributed by atoms with Gasteiger partial charge in [-0.05, 0) is 38.0 Å². The van der Waals surface area contributed by atoms with Crippen molar-refractivity contribution in [3.05, 3.63) is 46.7 Å². The third kappa shape index (κ3) is 4.38. The molecule has 0 atom stereocenters. The van der Waals surface area contributed by atoms with Crippen molar-refractivity contribution in [3.63, 3.8) is 0 Å². The van der Waals surface area contributed by atoms with Crippen LogP contribution in [0.5, 0.6) is 0 Å². The maximum Gasteiger partial charge on any atom is 0.254 e. The van der Waals surface area contributed by atoms with E-state index in [9.17, 15) is 9.59 Å². The molecule has 0 unspecified atom stereocenters. The van der Waals surface area contributed by atoms with Gasteiger partial charge < -0.3 is 10.2 Å². The SMILES string of the molecule is Cc1c(C(=O)NC2CCN(C(=O)C(C)(C)C)CC2)cnn1-c1cccc(Cl)c1. The van der Waals surface area contributed by atoms with E-state index in [2.05, 4.69) is 10.4 Å². The lowest BCUT2D eigenvalue weighted by Crippen LogP contribution is -2.49. The lowest BCUT2D eigenvalue weighted by molar-refractivity contribution is -0.140. The van der Waals surface area contributed by atoms with Gasteiger partial charge >= 0.3 is 0 Å². The highest BCUT2D eigenvalue weighted by Crippen LogP contribution is 2.22. The predicted octanol–water partition coefficient (Wildman–Crippen LogP) is 3.60. The van der Waals surface area contributed by atoms with Crippen molar-refractivity contribution in [1.29, 1.82) is 0 Å². The Kier molecular flexibility index (Phi) is 5.79. The molecular weight excluding hydrogens is 376 g/mol. The van der Waals surface area contributed by atoms with E-state index in [0.29, 0.717) is 23.7 Å². The Balaban J connectivity index is 1.63. The first kappa shape index (κ1) is 20.4. The standard InChI is InChI=1S/C21H27ClN4O2/c1-14-18(13-23-26(14)17-7-5-6-15(22)12-17)19(27)24-16-8-10-25(11-9-16)20(28)21(2,3)4/h5-7,12-13,16H,8-11H2,1-4H3,(H,24,27). The minimum Gasteiger partial charge on any atom is -0.349 e. The number of nitrogens with one attached hydrogen (secondary N) is 1. The van der Waals surface area contributed by atoms with E-state index >= 15 is 0 Å². The number of piperidine rings is 1. The molecule has 2 heterocycles. The van der Waals surface area contributed by atoms with Gasteiger partial charge in [-0.2, -0.15) is 5.10 Å². The summed E-state index contributed by atoms with van der Waals surface area (Å²) < 4.78 is 1.71. The summed E-state index contributed by atoms with van der Waals surface area (Å²) in [5.41, 5.74) is 1.76. The Labute approximate surface area is 170 Å². The number of hydrogen-bond acceptors (Lipinski definition) is 3. The molecule has 0 bridgehead atoms. The minimum absolute atomic E-state index is 0.0606. The highest BCUT2D eigenvalue weighted by atomic mass is 35.5. The number of carbonyl (C=O) groups excluding carboxylic acids is 2. The first-order valence-electron chi connectivity index (χ1n) is 9.57. The summed E-state index contributed by atoms with van der Waals surface area (Å²) in [6, 6.07) is 7.42. The molecule has 2 amide bonds. The van der Waals surface area contributed by atoms with Crippen molar-refractivity contribution < 1.29 is 9.59 Å². The zero-order valence-corrected chi connectivity index (χ0v) is 17.6. The van der Waals surface area contributed by atoms with Crippen molar-refractivity contribution >= 4 is 23.4 Å². The van der Waals surface area contributed by atoms with Gasteiger partial charge in [-0.3, -0.25) is 9.59 Å². The third-order valence-corrected chi connectivity index (χ3v) is 5.30. The summed E-state index contributed by atoms with van der Waals surface area (Å²) in [5.74, 6) is 0.0299. The summed E-state index contributed by atoms with van der Waals surface area (Å²) >= 11 is 6.06. The molecule has 3 rings (SSSR count). The quantitative estimate of drug-likeness (QED) is 0.852. The van der Waals surface area contributed by atoms with Gasteiger partial charge in [-0.1, -0.05) is 38.4 Å². The Bertz CT molecular complexity index is 877. The predicted molar refractivity (Wildman–Crippen MR) is 110 cm³/mol. The van der Waals surface area contributed by atoms with Crippen molar-refractivity contribution in [1.82, 2.24) is 20.0 Å². The van der Waals surface area contributed by atoms with Gasteiger partial charge in [0.1, 0.15) is 0 Å². The van der Waals surface area contributed by atoms with Crippen LogP contribution in [0.4, 0.5) is 0 Å². The van der Waals surface area contributed by atoms with E-state index in [1.165, 1.54) is 0 Å². The summed E-state index contributed by atoms with van der Waals surface area (Å²) in [4.78, 5) is 27.0. The van der Waals surface area contributed by atoms with Crippen LogP contribution in [0.15, 0.2) is 30.5 Å². The number of carbonyl (C=O) groups is 2. The zero-order chi connectivity index (χ0) is 20.5. The maximum atomic E-state index is 12.7. The normalized spacial score (nSPS) is 15.5. The number of nitrogens with zero attached hydrogens (tertiary/aromatic N) is 3. The highest BCUT2D eigenvalue weighted by Gasteiger charge is 2.31. The largest absolute Gasteiger partial charge is 0.349 e. The average Bonchev–Trinajstić information content (AvgIpc) is 3.02. The number of benzene rings is 1. The number of hydrogen-bond donors (Lipinski definition) is 1. The third-order valence-electron chi connectivity index (χ3n) is 5.07. The molecule has 7 heteroatoms. The molecule has 1 saturated heterocycles. The van der Waals surface area contributed by atoms with Gasteiger partial charge in [0.15, 0.2) is 0 Å². The summed E-state index contributed by atoms with van der Waals surface area (Å²) in [6.07, 6.45) is 3.11. The number of likely N-dealkylation sites (tertiary alicyclic amines) is 1. The second kappa shape index (κ2) is 7.95. The molecule has 1 aliphatic rings. The van der Waals surface area contributed by atoms with Gasteiger partial charge in [0, 0.05) is 29.6 Å². The molecule has 2 aromatic rings. The van der Waals surface area contributed by atoms with Gasteiger partial charge in [0.25, 0.3) is 5.91 Å². The smallest absolute Gasteiger partial charge is 0.254 e. The second-order valence-corrected chi connectivity index (χ2v) is 8.76. The van der Waals surface area contributed by atoms with Crippen LogP contribution in [0.2, 0.25) is 5.02 Å².